The molecule has 0 aromatic heterocycles. The van der Waals surface area contributed by atoms with Crippen LogP contribution >= 0.6 is 0 Å². The monoisotopic (exact) mass is 510 g/mol. The summed E-state index contributed by atoms with van der Waals surface area (Å²) in [6.07, 6.45) is -1.02. The molecule has 0 aliphatic carbocycles. The standard InChI is InChI=1S/C27H30N2O6S/c1-18-5-7-20(3)24(15-18)34-14-13-28-27(30)26-17-29(23-12-6-19(2)16-25(23)35-26)36(31,32)22-10-8-21(33-4)9-11-22/h5-12,15-16,26H,13-14,17H2,1-4H3,(H,28,30). The van der Waals surface area contributed by atoms with Crippen LogP contribution in [-0.2, 0) is 14.8 Å². The molecule has 8 nitrogen and oxygen atoms in total. The summed E-state index contributed by atoms with van der Waals surface area (Å²) in [5, 5.41) is 2.80. The Bertz CT molecular complexity index is 1360. The summed E-state index contributed by atoms with van der Waals surface area (Å²) in [4.78, 5) is 13.1. The SMILES string of the molecule is COc1ccc(S(=O)(=O)N2CC(C(=O)NCCOc3cc(C)ccc3C)Oc3cc(C)ccc32)cc1. The zero-order valence-electron chi connectivity index (χ0n) is 20.8. The van der Waals surface area contributed by atoms with Crippen molar-refractivity contribution in [3.05, 3.63) is 77.4 Å². The van der Waals surface area contributed by atoms with Crippen LogP contribution in [0.1, 0.15) is 16.7 Å². The van der Waals surface area contributed by atoms with Crippen LogP contribution in [0.4, 0.5) is 5.69 Å². The molecule has 0 saturated carbocycles. The fourth-order valence-electron chi connectivity index (χ4n) is 3.91. The summed E-state index contributed by atoms with van der Waals surface area (Å²) in [5.41, 5.74) is 3.37. The van der Waals surface area contributed by atoms with Gasteiger partial charge < -0.3 is 19.5 Å². The highest BCUT2D eigenvalue weighted by molar-refractivity contribution is 7.92. The predicted molar refractivity (Wildman–Crippen MR) is 138 cm³/mol. The fourth-order valence-corrected chi connectivity index (χ4v) is 5.39. The van der Waals surface area contributed by atoms with Gasteiger partial charge in [0.1, 0.15) is 23.9 Å². The maximum atomic E-state index is 13.6. The van der Waals surface area contributed by atoms with Crippen molar-refractivity contribution >= 4 is 21.6 Å². The van der Waals surface area contributed by atoms with Gasteiger partial charge in [-0.25, -0.2) is 8.42 Å². The number of methoxy groups -OCH3 is 1. The van der Waals surface area contributed by atoms with E-state index in [1.165, 1.54) is 23.5 Å². The summed E-state index contributed by atoms with van der Waals surface area (Å²) in [7, 11) is -2.44. The third-order valence-corrected chi connectivity index (χ3v) is 7.72. The highest BCUT2D eigenvalue weighted by atomic mass is 32.2. The molecule has 1 aliphatic heterocycles. The Hall–Kier alpha value is -3.72. The lowest BCUT2D eigenvalue weighted by Gasteiger charge is -2.35. The lowest BCUT2D eigenvalue weighted by atomic mass is 10.1. The molecule has 1 unspecified atom stereocenters. The van der Waals surface area contributed by atoms with Gasteiger partial charge in [-0.05, 0) is 79.9 Å². The lowest BCUT2D eigenvalue weighted by molar-refractivity contribution is -0.127. The van der Waals surface area contributed by atoms with E-state index in [1.54, 1.807) is 24.3 Å². The van der Waals surface area contributed by atoms with Crippen molar-refractivity contribution in [2.45, 2.75) is 31.8 Å². The highest BCUT2D eigenvalue weighted by Gasteiger charge is 2.37. The Balaban J connectivity index is 1.49. The lowest BCUT2D eigenvalue weighted by Crippen LogP contribution is -2.51. The molecule has 0 spiro atoms. The molecule has 1 N–H and O–H groups in total. The van der Waals surface area contributed by atoms with E-state index < -0.39 is 22.0 Å². The van der Waals surface area contributed by atoms with Crippen molar-refractivity contribution in [1.29, 1.82) is 0 Å². The smallest absolute Gasteiger partial charge is 0.264 e. The first kappa shape index (κ1) is 25.4. The Morgan fingerprint density at radius 1 is 1.03 bits per heavy atom. The van der Waals surface area contributed by atoms with E-state index in [0.717, 1.165) is 22.4 Å². The van der Waals surface area contributed by atoms with Gasteiger partial charge in [0.25, 0.3) is 15.9 Å². The average Bonchev–Trinajstić information content (AvgIpc) is 2.87. The minimum atomic E-state index is -3.96. The maximum Gasteiger partial charge on any atom is 0.264 e. The minimum absolute atomic E-state index is 0.0952. The van der Waals surface area contributed by atoms with Crippen molar-refractivity contribution in [1.82, 2.24) is 5.32 Å². The van der Waals surface area contributed by atoms with E-state index in [4.69, 9.17) is 14.2 Å². The van der Waals surface area contributed by atoms with Crippen LogP contribution in [0.25, 0.3) is 0 Å². The number of ether oxygens (including phenoxy) is 3. The molecule has 1 atom stereocenters. The van der Waals surface area contributed by atoms with Crippen LogP contribution in [0.15, 0.2) is 65.6 Å². The number of fused-ring (bicyclic) bond motifs is 1. The molecular weight excluding hydrogens is 480 g/mol. The summed E-state index contributed by atoms with van der Waals surface area (Å²) in [5.74, 6) is 1.23. The molecular formula is C27H30N2O6S. The van der Waals surface area contributed by atoms with Crippen LogP contribution < -0.4 is 23.8 Å². The minimum Gasteiger partial charge on any atom is -0.497 e. The van der Waals surface area contributed by atoms with Crippen molar-refractivity contribution in [2.75, 3.05) is 31.1 Å². The van der Waals surface area contributed by atoms with E-state index in [0.29, 0.717) is 17.2 Å². The van der Waals surface area contributed by atoms with E-state index in [9.17, 15) is 13.2 Å². The van der Waals surface area contributed by atoms with Crippen LogP contribution in [0, 0.1) is 20.8 Å². The zero-order chi connectivity index (χ0) is 25.9. The Morgan fingerprint density at radius 2 is 1.72 bits per heavy atom. The number of anilines is 1. The molecule has 36 heavy (non-hydrogen) atoms. The first-order valence-corrected chi connectivity index (χ1v) is 13.0. The molecule has 190 valence electrons. The number of hydrogen-bond acceptors (Lipinski definition) is 6. The second-order valence-corrected chi connectivity index (χ2v) is 10.6. The summed E-state index contributed by atoms with van der Waals surface area (Å²) in [6, 6.07) is 17.3. The predicted octanol–water partition coefficient (Wildman–Crippen LogP) is 3.77. The van der Waals surface area contributed by atoms with Crippen LogP contribution in [0.2, 0.25) is 0 Å². The molecule has 0 bridgehead atoms. The number of nitrogens with zero attached hydrogens (tertiary/aromatic N) is 1. The number of sulfonamides is 1. The Morgan fingerprint density at radius 3 is 2.44 bits per heavy atom. The molecule has 1 aliphatic rings. The summed E-state index contributed by atoms with van der Waals surface area (Å²) in [6.45, 7) is 6.18. The number of nitrogens with one attached hydrogen (secondary N) is 1. The Kier molecular flexibility index (Phi) is 7.40. The average molecular weight is 511 g/mol. The number of carbonyl (C=O) groups is 1. The molecule has 0 fully saturated rings. The number of amides is 1. The number of hydrogen-bond donors (Lipinski definition) is 1. The van der Waals surface area contributed by atoms with Gasteiger partial charge in [-0.1, -0.05) is 18.2 Å². The maximum absolute atomic E-state index is 13.6. The normalized spacial score (nSPS) is 15.0. The fraction of sp³-hybridized carbons (Fsp3) is 0.296. The number of carbonyl (C=O) groups excluding carboxylic acids is 1. The van der Waals surface area contributed by atoms with Gasteiger partial charge in [0.05, 0.1) is 30.8 Å². The van der Waals surface area contributed by atoms with E-state index in [-0.39, 0.29) is 24.6 Å². The van der Waals surface area contributed by atoms with Gasteiger partial charge in [0.2, 0.25) is 0 Å². The third kappa shape index (κ3) is 5.41. The summed E-state index contributed by atoms with van der Waals surface area (Å²) < 4.78 is 45.2. The zero-order valence-corrected chi connectivity index (χ0v) is 21.6. The first-order valence-electron chi connectivity index (χ1n) is 11.6. The molecule has 3 aromatic rings. The van der Waals surface area contributed by atoms with E-state index in [2.05, 4.69) is 5.32 Å². The van der Waals surface area contributed by atoms with E-state index >= 15 is 0 Å². The van der Waals surface area contributed by atoms with Crippen LogP contribution in [-0.4, -0.2) is 47.2 Å². The molecule has 0 radical (unpaired) electrons. The van der Waals surface area contributed by atoms with Gasteiger partial charge in [0, 0.05) is 0 Å². The Labute approximate surface area is 211 Å². The summed E-state index contributed by atoms with van der Waals surface area (Å²) >= 11 is 0. The van der Waals surface area contributed by atoms with Gasteiger partial charge in [-0.15, -0.1) is 0 Å². The topological polar surface area (TPSA) is 94.2 Å². The molecule has 3 aromatic carbocycles. The highest BCUT2D eigenvalue weighted by Crippen LogP contribution is 2.38. The van der Waals surface area contributed by atoms with Crippen LogP contribution in [0.3, 0.4) is 0 Å². The number of benzene rings is 3. The molecule has 4 rings (SSSR count). The van der Waals surface area contributed by atoms with Crippen molar-refractivity contribution in [2.24, 2.45) is 0 Å². The number of aryl methyl sites for hydroxylation is 3. The second kappa shape index (κ2) is 10.5. The number of rotatable bonds is 8. The van der Waals surface area contributed by atoms with Gasteiger partial charge in [0.15, 0.2) is 6.10 Å². The molecule has 1 heterocycles. The van der Waals surface area contributed by atoms with Crippen molar-refractivity contribution < 1.29 is 27.4 Å². The largest absolute Gasteiger partial charge is 0.497 e. The first-order chi connectivity index (χ1) is 17.2. The van der Waals surface area contributed by atoms with Gasteiger partial charge in [-0.2, -0.15) is 0 Å². The van der Waals surface area contributed by atoms with Crippen molar-refractivity contribution in [3.8, 4) is 17.2 Å². The second-order valence-electron chi connectivity index (χ2n) is 8.70. The molecule has 1 amide bonds. The van der Waals surface area contributed by atoms with Crippen LogP contribution in [0.5, 0.6) is 17.2 Å². The quantitative estimate of drug-likeness (QED) is 0.464. The van der Waals surface area contributed by atoms with Gasteiger partial charge >= 0.3 is 0 Å². The molecule has 0 saturated heterocycles. The third-order valence-electron chi connectivity index (χ3n) is 5.93. The van der Waals surface area contributed by atoms with Crippen molar-refractivity contribution in [3.63, 3.8) is 0 Å². The van der Waals surface area contributed by atoms with Gasteiger partial charge in [-0.3, -0.25) is 9.10 Å². The molecule has 9 heteroatoms. The van der Waals surface area contributed by atoms with E-state index in [1.807, 2.05) is 45.0 Å².